The van der Waals surface area contributed by atoms with Gasteiger partial charge in [-0.05, 0) is 42.0 Å². The number of hydrogen-bond acceptors (Lipinski definition) is 3. The molecule has 5 nitrogen and oxygen atoms in total. The molecule has 2 aliphatic rings. The third kappa shape index (κ3) is 6.88. The maximum Gasteiger partial charge on any atom is 0.222 e. The third-order valence-electron chi connectivity index (χ3n) is 6.01. The Bertz CT molecular complexity index is 908. The molecule has 2 aromatic rings. The molecule has 2 heterocycles. The lowest BCUT2D eigenvalue weighted by Gasteiger charge is -2.22. The highest BCUT2D eigenvalue weighted by atomic mass is 127. The number of halogens is 1. The summed E-state index contributed by atoms with van der Waals surface area (Å²) >= 11 is 1.95. The van der Waals surface area contributed by atoms with Crippen molar-refractivity contribution >= 4 is 47.6 Å². The van der Waals surface area contributed by atoms with E-state index in [2.05, 4.69) is 69.8 Å². The Kier molecular flexibility index (Phi) is 9.71. The second kappa shape index (κ2) is 12.5. The predicted molar refractivity (Wildman–Crippen MR) is 144 cm³/mol. The monoisotopic (exact) mass is 564 g/mol. The first-order chi connectivity index (χ1) is 15.2. The number of guanidine groups is 1. The molecule has 172 valence electrons. The van der Waals surface area contributed by atoms with Gasteiger partial charge < -0.3 is 15.1 Å². The summed E-state index contributed by atoms with van der Waals surface area (Å²) in [5.74, 6) is 3.09. The van der Waals surface area contributed by atoms with E-state index < -0.39 is 0 Å². The molecule has 4 rings (SSSR count). The predicted octanol–water partition coefficient (Wildman–Crippen LogP) is 4.62. The fraction of sp³-hybridized carbons (Fsp3) is 0.440. The van der Waals surface area contributed by atoms with Crippen LogP contribution in [0.2, 0.25) is 0 Å². The normalized spacial score (nSPS) is 18.7. The minimum atomic E-state index is 0. The zero-order valence-electron chi connectivity index (χ0n) is 18.7. The molecule has 32 heavy (non-hydrogen) atoms. The van der Waals surface area contributed by atoms with Gasteiger partial charge in [0.15, 0.2) is 5.96 Å². The first kappa shape index (κ1) is 24.9. The van der Waals surface area contributed by atoms with Crippen LogP contribution < -0.4 is 5.32 Å². The smallest absolute Gasteiger partial charge is 0.222 e. The standard InChI is InChI=1S/C25H32N4OS.HI/c1-26-25(29-14-12-22(18-29)19-31-23-9-3-2-4-10-23)27-16-20-7-5-8-21(15-20)17-28-13-6-11-24(28)30;/h2-5,7-10,15,22H,6,11-14,16-19H2,1H3,(H,26,27);1H. The summed E-state index contributed by atoms with van der Waals surface area (Å²) in [5.41, 5.74) is 2.42. The summed E-state index contributed by atoms with van der Waals surface area (Å²) in [5, 5.41) is 3.54. The van der Waals surface area contributed by atoms with E-state index in [-0.39, 0.29) is 29.9 Å². The van der Waals surface area contributed by atoms with Gasteiger partial charge in [0.2, 0.25) is 5.91 Å². The number of amides is 1. The van der Waals surface area contributed by atoms with Gasteiger partial charge in [-0.15, -0.1) is 35.7 Å². The Hall–Kier alpha value is -1.74. The van der Waals surface area contributed by atoms with Gasteiger partial charge in [0.1, 0.15) is 0 Å². The van der Waals surface area contributed by atoms with E-state index in [9.17, 15) is 4.79 Å². The summed E-state index contributed by atoms with van der Waals surface area (Å²) in [4.78, 5) is 22.1. The van der Waals surface area contributed by atoms with Crippen LogP contribution in [-0.2, 0) is 17.9 Å². The minimum Gasteiger partial charge on any atom is -0.352 e. The molecule has 7 heteroatoms. The Morgan fingerprint density at radius 2 is 1.94 bits per heavy atom. The average Bonchev–Trinajstić information content (AvgIpc) is 3.43. The van der Waals surface area contributed by atoms with Crippen LogP contribution >= 0.6 is 35.7 Å². The second-order valence-corrected chi connectivity index (χ2v) is 9.46. The van der Waals surface area contributed by atoms with Crippen molar-refractivity contribution < 1.29 is 4.79 Å². The van der Waals surface area contributed by atoms with Crippen molar-refractivity contribution in [1.82, 2.24) is 15.1 Å². The molecule has 2 saturated heterocycles. The van der Waals surface area contributed by atoms with Crippen LogP contribution in [0.5, 0.6) is 0 Å². The molecule has 0 spiro atoms. The first-order valence-electron chi connectivity index (χ1n) is 11.2. The molecule has 0 bridgehead atoms. The van der Waals surface area contributed by atoms with E-state index >= 15 is 0 Å². The van der Waals surface area contributed by atoms with Crippen molar-refractivity contribution in [3.63, 3.8) is 0 Å². The Balaban J connectivity index is 0.00000289. The fourth-order valence-electron chi connectivity index (χ4n) is 4.33. The number of rotatable bonds is 7. The van der Waals surface area contributed by atoms with Crippen LogP contribution in [0.4, 0.5) is 0 Å². The summed E-state index contributed by atoms with van der Waals surface area (Å²) in [7, 11) is 1.86. The maximum atomic E-state index is 11.9. The summed E-state index contributed by atoms with van der Waals surface area (Å²) in [6.45, 7) is 4.45. The molecule has 1 N–H and O–H groups in total. The van der Waals surface area contributed by atoms with Gasteiger partial charge in [-0.2, -0.15) is 0 Å². The fourth-order valence-corrected chi connectivity index (χ4v) is 5.38. The van der Waals surface area contributed by atoms with Crippen LogP contribution in [0.25, 0.3) is 0 Å². The zero-order valence-corrected chi connectivity index (χ0v) is 21.9. The zero-order chi connectivity index (χ0) is 21.5. The average molecular weight is 565 g/mol. The van der Waals surface area contributed by atoms with Crippen molar-refractivity contribution in [1.29, 1.82) is 0 Å². The molecule has 1 atom stereocenters. The van der Waals surface area contributed by atoms with Crippen molar-refractivity contribution in [2.24, 2.45) is 10.9 Å². The number of benzene rings is 2. The number of carbonyl (C=O) groups is 1. The van der Waals surface area contributed by atoms with Crippen LogP contribution in [0.1, 0.15) is 30.4 Å². The molecule has 2 fully saturated rings. The molecule has 0 aromatic heterocycles. The number of carbonyl (C=O) groups excluding carboxylic acids is 1. The lowest BCUT2D eigenvalue weighted by molar-refractivity contribution is -0.128. The van der Waals surface area contributed by atoms with Gasteiger partial charge in [-0.1, -0.05) is 42.5 Å². The molecule has 1 unspecified atom stereocenters. The highest BCUT2D eigenvalue weighted by Crippen LogP contribution is 2.26. The van der Waals surface area contributed by atoms with Crippen LogP contribution in [0, 0.1) is 5.92 Å². The molecular formula is C25H33IN4OS. The Morgan fingerprint density at radius 3 is 2.69 bits per heavy atom. The molecule has 0 radical (unpaired) electrons. The van der Waals surface area contributed by atoms with Crippen molar-refractivity contribution in [3.8, 4) is 0 Å². The Labute approximate surface area is 213 Å². The van der Waals surface area contributed by atoms with E-state index in [1.807, 2.05) is 23.7 Å². The number of hydrogen-bond donors (Lipinski definition) is 1. The minimum absolute atomic E-state index is 0. The van der Waals surface area contributed by atoms with E-state index in [0.717, 1.165) is 44.3 Å². The van der Waals surface area contributed by atoms with Crippen LogP contribution in [0.3, 0.4) is 0 Å². The van der Waals surface area contributed by atoms with Crippen molar-refractivity contribution in [2.45, 2.75) is 37.2 Å². The highest BCUT2D eigenvalue weighted by molar-refractivity contribution is 14.0. The van der Waals surface area contributed by atoms with Crippen molar-refractivity contribution in [2.75, 3.05) is 32.4 Å². The maximum absolute atomic E-state index is 11.9. The molecular weight excluding hydrogens is 531 g/mol. The number of nitrogens with one attached hydrogen (secondary N) is 1. The van der Waals surface area contributed by atoms with Crippen molar-refractivity contribution in [3.05, 3.63) is 65.7 Å². The SMILES string of the molecule is CN=C(NCc1cccc(CN2CCCC2=O)c1)N1CCC(CSc2ccccc2)C1.I. The molecule has 2 aliphatic heterocycles. The molecule has 2 aromatic carbocycles. The molecule has 0 aliphatic carbocycles. The second-order valence-electron chi connectivity index (χ2n) is 8.36. The van der Waals surface area contributed by atoms with Gasteiger partial charge in [-0.25, -0.2) is 0 Å². The van der Waals surface area contributed by atoms with Gasteiger partial charge >= 0.3 is 0 Å². The van der Waals surface area contributed by atoms with E-state index in [1.54, 1.807) is 0 Å². The van der Waals surface area contributed by atoms with Gasteiger partial charge in [0, 0.05) is 56.8 Å². The van der Waals surface area contributed by atoms with E-state index in [1.165, 1.54) is 22.4 Å². The highest BCUT2D eigenvalue weighted by Gasteiger charge is 2.25. The topological polar surface area (TPSA) is 47.9 Å². The van der Waals surface area contributed by atoms with Crippen LogP contribution in [0.15, 0.2) is 64.5 Å². The largest absolute Gasteiger partial charge is 0.352 e. The summed E-state index contributed by atoms with van der Waals surface area (Å²) in [6, 6.07) is 19.2. The van der Waals surface area contributed by atoms with Gasteiger partial charge in [0.05, 0.1) is 0 Å². The van der Waals surface area contributed by atoms with Crippen LogP contribution in [-0.4, -0.2) is 54.1 Å². The number of aliphatic imine (C=N–C) groups is 1. The summed E-state index contributed by atoms with van der Waals surface area (Å²) in [6.07, 6.45) is 2.88. The Morgan fingerprint density at radius 1 is 1.12 bits per heavy atom. The lowest BCUT2D eigenvalue weighted by atomic mass is 10.1. The van der Waals surface area contributed by atoms with E-state index in [4.69, 9.17) is 0 Å². The molecule has 0 saturated carbocycles. The van der Waals surface area contributed by atoms with Gasteiger partial charge in [-0.3, -0.25) is 9.79 Å². The number of thioether (sulfide) groups is 1. The quantitative estimate of drug-likeness (QED) is 0.231. The summed E-state index contributed by atoms with van der Waals surface area (Å²) < 4.78 is 0. The molecule has 1 amide bonds. The third-order valence-corrected chi connectivity index (χ3v) is 7.26. The van der Waals surface area contributed by atoms with E-state index in [0.29, 0.717) is 18.9 Å². The van der Waals surface area contributed by atoms with Gasteiger partial charge in [0.25, 0.3) is 0 Å². The number of nitrogens with zero attached hydrogens (tertiary/aromatic N) is 3. The lowest BCUT2D eigenvalue weighted by Crippen LogP contribution is -2.39. The first-order valence-corrected chi connectivity index (χ1v) is 12.2. The number of likely N-dealkylation sites (tertiary alicyclic amines) is 2.